The Morgan fingerprint density at radius 2 is 1.95 bits per heavy atom. The number of fused-ring (bicyclic) bond motifs is 1. The number of aryl methyl sites for hydroxylation is 1. The lowest BCUT2D eigenvalue weighted by molar-refractivity contribution is 0.101. The largest absolute Gasteiger partial charge is 0.327 e. The number of carbonyl (C=O) groups is 1. The summed E-state index contributed by atoms with van der Waals surface area (Å²) in [7, 11) is 1.82. The van der Waals surface area contributed by atoms with Crippen molar-refractivity contribution in [1.29, 1.82) is 0 Å². The van der Waals surface area contributed by atoms with Gasteiger partial charge >= 0.3 is 0 Å². The summed E-state index contributed by atoms with van der Waals surface area (Å²) in [5.41, 5.74) is 2.64. The van der Waals surface area contributed by atoms with Crippen LogP contribution in [0.3, 0.4) is 0 Å². The number of carbonyl (C=O) groups excluding carboxylic acids is 1. The molecule has 0 fully saturated rings. The standard InChI is InChI=1S/C16H13FN2O/c1-10(20)11-7-8-14-15(9-11)19(2)16(18-14)12-5-3-4-6-13(12)17/h3-9H,1-2H3. The maximum absolute atomic E-state index is 13.9. The molecule has 0 amide bonds. The third-order valence-corrected chi connectivity index (χ3v) is 3.40. The molecular formula is C16H13FN2O. The molecular weight excluding hydrogens is 255 g/mol. The van der Waals surface area contributed by atoms with Crippen molar-refractivity contribution in [2.45, 2.75) is 6.92 Å². The van der Waals surface area contributed by atoms with Gasteiger partial charge in [0, 0.05) is 12.6 Å². The minimum atomic E-state index is -0.308. The summed E-state index contributed by atoms with van der Waals surface area (Å²) in [4.78, 5) is 15.9. The minimum Gasteiger partial charge on any atom is -0.327 e. The Morgan fingerprint density at radius 3 is 2.65 bits per heavy atom. The Hall–Kier alpha value is -2.49. The van der Waals surface area contributed by atoms with Gasteiger partial charge in [-0.15, -0.1) is 0 Å². The second-order valence-electron chi connectivity index (χ2n) is 4.73. The van der Waals surface area contributed by atoms with Crippen molar-refractivity contribution >= 4 is 16.8 Å². The van der Waals surface area contributed by atoms with Crippen molar-refractivity contribution in [3.05, 3.63) is 53.8 Å². The predicted molar refractivity (Wildman–Crippen MR) is 76.1 cm³/mol. The van der Waals surface area contributed by atoms with Crippen LogP contribution < -0.4 is 0 Å². The number of Topliss-reactive ketones (excluding diaryl/α,β-unsaturated/α-hetero) is 1. The van der Waals surface area contributed by atoms with Crippen molar-refractivity contribution in [1.82, 2.24) is 9.55 Å². The van der Waals surface area contributed by atoms with Crippen molar-refractivity contribution in [3.8, 4) is 11.4 Å². The van der Waals surface area contributed by atoms with Gasteiger partial charge in [-0.3, -0.25) is 4.79 Å². The summed E-state index contributed by atoms with van der Waals surface area (Å²) in [5, 5.41) is 0. The smallest absolute Gasteiger partial charge is 0.159 e. The average molecular weight is 268 g/mol. The van der Waals surface area contributed by atoms with Crippen LogP contribution in [0.4, 0.5) is 4.39 Å². The Morgan fingerprint density at radius 1 is 1.20 bits per heavy atom. The first-order chi connectivity index (χ1) is 9.58. The topological polar surface area (TPSA) is 34.9 Å². The van der Waals surface area contributed by atoms with Crippen molar-refractivity contribution in [3.63, 3.8) is 0 Å². The van der Waals surface area contributed by atoms with Crippen LogP contribution in [-0.4, -0.2) is 15.3 Å². The molecule has 3 rings (SSSR count). The van der Waals surface area contributed by atoms with Crippen LogP contribution in [0.1, 0.15) is 17.3 Å². The molecule has 1 aromatic heterocycles. The predicted octanol–water partition coefficient (Wildman–Crippen LogP) is 3.58. The van der Waals surface area contributed by atoms with E-state index >= 15 is 0 Å². The van der Waals surface area contributed by atoms with Gasteiger partial charge in [0.2, 0.25) is 0 Å². The molecule has 0 saturated heterocycles. The quantitative estimate of drug-likeness (QED) is 0.666. The number of aromatic nitrogens is 2. The second-order valence-corrected chi connectivity index (χ2v) is 4.73. The van der Waals surface area contributed by atoms with E-state index in [4.69, 9.17) is 0 Å². The zero-order valence-corrected chi connectivity index (χ0v) is 11.2. The lowest BCUT2D eigenvalue weighted by Crippen LogP contribution is -1.96. The zero-order valence-electron chi connectivity index (χ0n) is 11.2. The highest BCUT2D eigenvalue weighted by Crippen LogP contribution is 2.26. The number of ketones is 1. The third-order valence-electron chi connectivity index (χ3n) is 3.40. The third kappa shape index (κ3) is 1.90. The molecule has 0 N–H and O–H groups in total. The molecule has 0 saturated carbocycles. The molecule has 0 unspecified atom stereocenters. The summed E-state index contributed by atoms with van der Waals surface area (Å²) >= 11 is 0. The second kappa shape index (κ2) is 4.56. The maximum Gasteiger partial charge on any atom is 0.159 e. The van der Waals surface area contributed by atoms with Crippen molar-refractivity contribution in [2.75, 3.05) is 0 Å². The average Bonchev–Trinajstić information content (AvgIpc) is 2.76. The first-order valence-corrected chi connectivity index (χ1v) is 6.30. The Labute approximate surface area is 115 Å². The van der Waals surface area contributed by atoms with Gasteiger partial charge in [0.25, 0.3) is 0 Å². The molecule has 20 heavy (non-hydrogen) atoms. The highest BCUT2D eigenvalue weighted by molar-refractivity contribution is 5.97. The lowest BCUT2D eigenvalue weighted by atomic mass is 10.1. The van der Waals surface area contributed by atoms with Crippen LogP contribution in [0.25, 0.3) is 22.4 Å². The van der Waals surface area contributed by atoms with Gasteiger partial charge in [0.15, 0.2) is 5.78 Å². The number of rotatable bonds is 2. The molecule has 0 bridgehead atoms. The van der Waals surface area contributed by atoms with E-state index in [1.807, 2.05) is 7.05 Å². The van der Waals surface area contributed by atoms with E-state index in [0.717, 1.165) is 11.0 Å². The summed E-state index contributed by atoms with van der Waals surface area (Å²) in [6.45, 7) is 1.52. The van der Waals surface area contributed by atoms with Crippen LogP contribution in [-0.2, 0) is 7.05 Å². The maximum atomic E-state index is 13.9. The summed E-state index contributed by atoms with van der Waals surface area (Å²) in [6, 6.07) is 11.8. The molecule has 3 aromatic rings. The molecule has 0 spiro atoms. The first-order valence-electron chi connectivity index (χ1n) is 6.30. The van der Waals surface area contributed by atoms with E-state index in [0.29, 0.717) is 17.0 Å². The van der Waals surface area contributed by atoms with E-state index in [1.54, 1.807) is 41.0 Å². The van der Waals surface area contributed by atoms with Gasteiger partial charge in [0.1, 0.15) is 11.6 Å². The van der Waals surface area contributed by atoms with E-state index in [-0.39, 0.29) is 11.6 Å². The van der Waals surface area contributed by atoms with Crippen molar-refractivity contribution in [2.24, 2.45) is 7.05 Å². The van der Waals surface area contributed by atoms with Gasteiger partial charge in [-0.1, -0.05) is 12.1 Å². The molecule has 100 valence electrons. The van der Waals surface area contributed by atoms with Crippen LogP contribution in [0.5, 0.6) is 0 Å². The molecule has 3 nitrogen and oxygen atoms in total. The summed E-state index contributed by atoms with van der Waals surface area (Å²) in [5.74, 6) is 0.247. The van der Waals surface area contributed by atoms with Crippen LogP contribution in [0.15, 0.2) is 42.5 Å². The molecule has 1 heterocycles. The Kier molecular flexibility index (Phi) is 2.86. The molecule has 0 aliphatic rings. The zero-order chi connectivity index (χ0) is 14.3. The Bertz CT molecular complexity index is 820. The normalized spacial score (nSPS) is 10.9. The van der Waals surface area contributed by atoms with E-state index in [9.17, 15) is 9.18 Å². The van der Waals surface area contributed by atoms with Gasteiger partial charge in [-0.25, -0.2) is 9.37 Å². The molecule has 4 heteroatoms. The molecule has 0 aliphatic heterocycles. The van der Waals surface area contributed by atoms with E-state index in [1.165, 1.54) is 13.0 Å². The van der Waals surface area contributed by atoms with Crippen LogP contribution in [0.2, 0.25) is 0 Å². The fraction of sp³-hybridized carbons (Fsp3) is 0.125. The number of benzene rings is 2. The van der Waals surface area contributed by atoms with Crippen LogP contribution >= 0.6 is 0 Å². The number of hydrogen-bond acceptors (Lipinski definition) is 2. The van der Waals surface area contributed by atoms with E-state index < -0.39 is 0 Å². The molecule has 0 radical (unpaired) electrons. The molecule has 0 aliphatic carbocycles. The van der Waals surface area contributed by atoms with Gasteiger partial charge in [-0.2, -0.15) is 0 Å². The molecule has 2 aromatic carbocycles. The van der Waals surface area contributed by atoms with Crippen molar-refractivity contribution < 1.29 is 9.18 Å². The van der Waals surface area contributed by atoms with Gasteiger partial charge in [0.05, 0.1) is 16.6 Å². The first kappa shape index (κ1) is 12.5. The van der Waals surface area contributed by atoms with Gasteiger partial charge in [-0.05, 0) is 37.3 Å². The SMILES string of the molecule is CC(=O)c1ccc2nc(-c3ccccc3F)n(C)c2c1. The Balaban J connectivity index is 2.26. The van der Waals surface area contributed by atoms with E-state index in [2.05, 4.69) is 4.98 Å². The monoisotopic (exact) mass is 268 g/mol. The highest BCUT2D eigenvalue weighted by Gasteiger charge is 2.14. The fourth-order valence-corrected chi connectivity index (χ4v) is 2.29. The van der Waals surface area contributed by atoms with Crippen LogP contribution in [0, 0.1) is 5.82 Å². The number of halogens is 1. The number of imidazole rings is 1. The lowest BCUT2D eigenvalue weighted by Gasteiger charge is -2.03. The molecule has 0 atom stereocenters. The summed E-state index contributed by atoms with van der Waals surface area (Å²) in [6.07, 6.45) is 0. The highest BCUT2D eigenvalue weighted by atomic mass is 19.1. The summed E-state index contributed by atoms with van der Waals surface area (Å²) < 4.78 is 15.7. The minimum absolute atomic E-state index is 0.000502. The number of hydrogen-bond donors (Lipinski definition) is 0. The fourth-order valence-electron chi connectivity index (χ4n) is 2.29. The number of nitrogens with zero attached hydrogens (tertiary/aromatic N) is 2. The van der Waals surface area contributed by atoms with Gasteiger partial charge < -0.3 is 4.57 Å².